The first-order chi connectivity index (χ1) is 19.7. The van der Waals surface area contributed by atoms with E-state index in [4.69, 9.17) is 9.97 Å². The van der Waals surface area contributed by atoms with Crippen molar-refractivity contribution in [1.29, 1.82) is 0 Å². The second-order valence-corrected chi connectivity index (χ2v) is 16.5. The van der Waals surface area contributed by atoms with Crippen LogP contribution in [0, 0.1) is 0 Å². The third kappa shape index (κ3) is 4.64. The maximum absolute atomic E-state index is 11.6. The van der Waals surface area contributed by atoms with Gasteiger partial charge in [0.05, 0.1) is 16.9 Å². The smallest absolute Gasteiger partial charge is 0.146 e. The molecule has 3 aromatic heterocycles. The van der Waals surface area contributed by atoms with E-state index in [0.717, 1.165) is 44.4 Å². The van der Waals surface area contributed by atoms with E-state index in [2.05, 4.69) is 130 Å². The van der Waals surface area contributed by atoms with Crippen molar-refractivity contribution in [3.05, 3.63) is 108 Å². The number of aromatic hydroxyl groups is 1. The molecule has 0 unspecified atom stereocenters. The van der Waals surface area contributed by atoms with Crippen molar-refractivity contribution in [2.24, 2.45) is 0 Å². The standard InChI is InChI=1S/C36H37N3OSi/c1-23(2)26-21-30(24(3)4)35(40)33(22-26)39-32-15-8-7-14-28(32)29-17-18-31(38-36(29)39)25-12-11-13-27(20-25)41(5,6)34-16-9-10-19-37-34/h7-24,40H,1-6H3. The van der Waals surface area contributed by atoms with E-state index in [1.54, 1.807) is 0 Å². The molecule has 0 saturated carbocycles. The lowest BCUT2D eigenvalue weighted by Crippen LogP contribution is -2.54. The van der Waals surface area contributed by atoms with Crippen molar-refractivity contribution in [3.8, 4) is 22.7 Å². The number of fused-ring (bicyclic) bond motifs is 3. The molecule has 4 nitrogen and oxygen atoms in total. The highest BCUT2D eigenvalue weighted by Gasteiger charge is 2.28. The zero-order chi connectivity index (χ0) is 28.9. The van der Waals surface area contributed by atoms with Gasteiger partial charge in [0.2, 0.25) is 0 Å². The van der Waals surface area contributed by atoms with Gasteiger partial charge in [-0.25, -0.2) is 4.98 Å². The molecule has 3 heterocycles. The number of phenolic OH excluding ortho intramolecular Hbond substituents is 1. The van der Waals surface area contributed by atoms with Crippen LogP contribution in [-0.2, 0) is 0 Å². The Labute approximate surface area is 243 Å². The van der Waals surface area contributed by atoms with Crippen LogP contribution in [0.1, 0.15) is 50.7 Å². The highest BCUT2D eigenvalue weighted by Crippen LogP contribution is 2.40. The molecule has 206 valence electrons. The van der Waals surface area contributed by atoms with Crippen LogP contribution >= 0.6 is 0 Å². The fourth-order valence-corrected chi connectivity index (χ4v) is 8.03. The maximum atomic E-state index is 11.6. The van der Waals surface area contributed by atoms with E-state index in [-0.39, 0.29) is 5.92 Å². The summed E-state index contributed by atoms with van der Waals surface area (Å²) in [4.78, 5) is 10.0. The van der Waals surface area contributed by atoms with Crippen LogP contribution in [0.5, 0.6) is 5.75 Å². The van der Waals surface area contributed by atoms with Gasteiger partial charge in [-0.1, -0.05) is 101 Å². The summed E-state index contributed by atoms with van der Waals surface area (Å²) in [7, 11) is -1.98. The van der Waals surface area contributed by atoms with E-state index in [9.17, 15) is 5.11 Å². The number of hydrogen-bond acceptors (Lipinski definition) is 3. The molecule has 6 aromatic rings. The molecule has 3 aromatic carbocycles. The second kappa shape index (κ2) is 10.3. The van der Waals surface area contributed by atoms with Gasteiger partial charge in [0.15, 0.2) is 0 Å². The SMILES string of the molecule is CC(C)c1cc(C(C)C)c(O)c(-n2c3ccccc3c3ccc(-c4cccc([Si](C)(C)c5ccccn5)c4)nc32)c1. The van der Waals surface area contributed by atoms with Gasteiger partial charge in [-0.15, -0.1) is 0 Å². The molecule has 1 N–H and O–H groups in total. The molecule has 0 bridgehead atoms. The van der Waals surface area contributed by atoms with Gasteiger partial charge in [0.1, 0.15) is 19.5 Å². The summed E-state index contributed by atoms with van der Waals surface area (Å²) in [5.74, 6) is 0.848. The average Bonchev–Trinajstić information content (AvgIpc) is 3.31. The number of phenols is 1. The Kier molecular flexibility index (Phi) is 6.78. The van der Waals surface area contributed by atoms with Gasteiger partial charge < -0.3 is 5.11 Å². The summed E-state index contributed by atoms with van der Waals surface area (Å²) in [6.07, 6.45) is 1.89. The average molecular weight is 556 g/mol. The molecule has 0 saturated heterocycles. The van der Waals surface area contributed by atoms with E-state index >= 15 is 0 Å². The zero-order valence-electron chi connectivity index (χ0n) is 24.7. The van der Waals surface area contributed by atoms with Crippen LogP contribution in [0.2, 0.25) is 13.1 Å². The third-order valence-electron chi connectivity index (χ3n) is 8.38. The summed E-state index contributed by atoms with van der Waals surface area (Å²) in [6, 6.07) is 31.9. The molecule has 41 heavy (non-hydrogen) atoms. The Bertz CT molecular complexity index is 1890. The molecule has 0 aliphatic heterocycles. The van der Waals surface area contributed by atoms with Gasteiger partial charge in [-0.2, -0.15) is 0 Å². The zero-order valence-corrected chi connectivity index (χ0v) is 25.7. The minimum Gasteiger partial charge on any atom is -0.505 e. The highest BCUT2D eigenvalue weighted by molar-refractivity contribution is 6.99. The molecule has 0 amide bonds. The lowest BCUT2D eigenvalue weighted by molar-refractivity contribution is 0.462. The number of rotatable bonds is 6. The Hall–Kier alpha value is -4.22. The van der Waals surface area contributed by atoms with Crippen molar-refractivity contribution in [2.45, 2.75) is 52.6 Å². The summed E-state index contributed by atoms with van der Waals surface area (Å²) in [5, 5.41) is 16.3. The first-order valence-corrected chi connectivity index (χ1v) is 17.5. The number of nitrogens with zero attached hydrogens (tertiary/aromatic N) is 3. The Balaban J connectivity index is 1.58. The molecule has 0 aliphatic rings. The van der Waals surface area contributed by atoms with Crippen LogP contribution in [0.3, 0.4) is 0 Å². The first kappa shape index (κ1) is 27.0. The van der Waals surface area contributed by atoms with E-state index in [1.807, 2.05) is 12.3 Å². The Morgan fingerprint density at radius 3 is 2.27 bits per heavy atom. The lowest BCUT2D eigenvalue weighted by atomic mass is 9.93. The van der Waals surface area contributed by atoms with Crippen molar-refractivity contribution in [1.82, 2.24) is 14.5 Å². The second-order valence-electron chi connectivity index (χ2n) is 12.1. The van der Waals surface area contributed by atoms with Gasteiger partial charge in [0, 0.05) is 27.8 Å². The molecular weight excluding hydrogens is 519 g/mol. The number of pyridine rings is 2. The predicted molar refractivity (Wildman–Crippen MR) is 175 cm³/mol. The third-order valence-corrected chi connectivity index (χ3v) is 11.7. The number of hydrogen-bond donors (Lipinski definition) is 1. The van der Waals surface area contributed by atoms with Gasteiger partial charge in [-0.05, 0) is 59.4 Å². The fraction of sp³-hybridized carbons (Fsp3) is 0.222. The number of para-hydroxylation sites is 1. The van der Waals surface area contributed by atoms with Crippen molar-refractivity contribution >= 4 is 40.5 Å². The van der Waals surface area contributed by atoms with E-state index in [0.29, 0.717) is 11.7 Å². The predicted octanol–water partition coefficient (Wildman–Crippen LogP) is 8.02. The monoisotopic (exact) mass is 555 g/mol. The highest BCUT2D eigenvalue weighted by atomic mass is 28.3. The van der Waals surface area contributed by atoms with Crippen molar-refractivity contribution < 1.29 is 5.11 Å². The maximum Gasteiger partial charge on any atom is 0.146 e. The molecule has 5 heteroatoms. The van der Waals surface area contributed by atoms with Gasteiger partial charge >= 0.3 is 0 Å². The minimum absolute atomic E-state index is 0.193. The Morgan fingerprint density at radius 1 is 0.756 bits per heavy atom. The van der Waals surface area contributed by atoms with E-state index in [1.165, 1.54) is 16.1 Å². The van der Waals surface area contributed by atoms with Crippen LogP contribution in [0.15, 0.2) is 97.2 Å². The van der Waals surface area contributed by atoms with Crippen LogP contribution in [0.4, 0.5) is 0 Å². The minimum atomic E-state index is -1.98. The van der Waals surface area contributed by atoms with E-state index < -0.39 is 8.07 Å². The molecule has 0 fully saturated rings. The molecule has 0 radical (unpaired) electrons. The number of benzene rings is 3. The first-order valence-electron chi connectivity index (χ1n) is 14.5. The lowest BCUT2D eigenvalue weighted by Gasteiger charge is -2.23. The number of aromatic nitrogens is 3. The van der Waals surface area contributed by atoms with Gasteiger partial charge in [0.25, 0.3) is 0 Å². The summed E-state index contributed by atoms with van der Waals surface area (Å²) >= 11 is 0. The quantitative estimate of drug-likeness (QED) is 0.212. The Morgan fingerprint density at radius 2 is 1.54 bits per heavy atom. The van der Waals surface area contributed by atoms with Crippen LogP contribution in [0.25, 0.3) is 38.9 Å². The summed E-state index contributed by atoms with van der Waals surface area (Å²) < 4.78 is 2.15. The molecule has 0 atom stereocenters. The summed E-state index contributed by atoms with van der Waals surface area (Å²) in [6.45, 7) is 13.4. The topological polar surface area (TPSA) is 50.9 Å². The van der Waals surface area contributed by atoms with Gasteiger partial charge in [-0.3, -0.25) is 9.55 Å². The van der Waals surface area contributed by atoms with Crippen LogP contribution in [-0.4, -0.2) is 27.7 Å². The van der Waals surface area contributed by atoms with Crippen LogP contribution < -0.4 is 10.5 Å². The van der Waals surface area contributed by atoms with Crippen molar-refractivity contribution in [2.75, 3.05) is 0 Å². The normalized spacial score (nSPS) is 12.2. The largest absolute Gasteiger partial charge is 0.505 e. The molecule has 6 rings (SSSR count). The van der Waals surface area contributed by atoms with Crippen molar-refractivity contribution in [3.63, 3.8) is 0 Å². The summed E-state index contributed by atoms with van der Waals surface area (Å²) in [5.41, 5.74) is 6.84. The molecule has 0 aliphatic carbocycles. The molecule has 0 spiro atoms. The molecular formula is C36H37N3OSi. The fourth-order valence-electron chi connectivity index (χ4n) is 5.80.